The van der Waals surface area contributed by atoms with Gasteiger partial charge in [0.1, 0.15) is 18.9 Å². The number of carbonyl (C=O) groups is 1. The van der Waals surface area contributed by atoms with Crippen molar-refractivity contribution in [1.82, 2.24) is 9.78 Å². The Bertz CT molecular complexity index is 691. The summed E-state index contributed by atoms with van der Waals surface area (Å²) in [5.74, 6) is 0.376. The molecule has 2 heterocycles. The van der Waals surface area contributed by atoms with Crippen molar-refractivity contribution in [2.45, 2.75) is 19.9 Å². The second kappa shape index (κ2) is 5.12. The van der Waals surface area contributed by atoms with Gasteiger partial charge >= 0.3 is 5.97 Å². The lowest BCUT2D eigenvalue weighted by Gasteiger charge is -2.18. The Balaban J connectivity index is 2.04. The summed E-state index contributed by atoms with van der Waals surface area (Å²) in [5, 5.41) is 13.7. The van der Waals surface area contributed by atoms with Crippen molar-refractivity contribution in [2.75, 3.05) is 13.2 Å². The predicted molar refractivity (Wildman–Crippen MR) is 76.0 cm³/mol. The zero-order valence-electron chi connectivity index (χ0n) is 11.9. The Hall–Kier alpha value is -2.50. The summed E-state index contributed by atoms with van der Waals surface area (Å²) in [5.41, 5.74) is 1.59. The van der Waals surface area contributed by atoms with Crippen molar-refractivity contribution in [3.8, 4) is 22.8 Å². The molecule has 1 aromatic heterocycles. The summed E-state index contributed by atoms with van der Waals surface area (Å²) in [6.07, 6.45) is 0. The SMILES string of the molecule is CC(C)n1nc(-c2ccc3c(c2)OCCO3)cc1C(=O)O. The van der Waals surface area contributed by atoms with Crippen LogP contribution in [0.1, 0.15) is 30.4 Å². The van der Waals surface area contributed by atoms with Crippen LogP contribution in [0.5, 0.6) is 11.5 Å². The van der Waals surface area contributed by atoms with Gasteiger partial charge in [0.15, 0.2) is 11.5 Å². The molecule has 21 heavy (non-hydrogen) atoms. The summed E-state index contributed by atoms with van der Waals surface area (Å²) < 4.78 is 12.5. The number of rotatable bonds is 3. The van der Waals surface area contributed by atoms with Crippen LogP contribution in [0.2, 0.25) is 0 Å². The molecule has 0 unspecified atom stereocenters. The van der Waals surface area contributed by atoms with Crippen LogP contribution in [-0.2, 0) is 0 Å². The largest absolute Gasteiger partial charge is 0.486 e. The first-order valence-electron chi connectivity index (χ1n) is 6.79. The van der Waals surface area contributed by atoms with Crippen LogP contribution >= 0.6 is 0 Å². The van der Waals surface area contributed by atoms with E-state index in [1.807, 2.05) is 32.0 Å². The maximum absolute atomic E-state index is 11.3. The van der Waals surface area contributed by atoms with E-state index >= 15 is 0 Å². The van der Waals surface area contributed by atoms with Crippen molar-refractivity contribution in [1.29, 1.82) is 0 Å². The summed E-state index contributed by atoms with van der Waals surface area (Å²) >= 11 is 0. The van der Waals surface area contributed by atoms with E-state index in [9.17, 15) is 9.90 Å². The van der Waals surface area contributed by atoms with E-state index in [2.05, 4.69) is 5.10 Å². The highest BCUT2D eigenvalue weighted by atomic mass is 16.6. The van der Waals surface area contributed by atoms with Gasteiger partial charge in [-0.25, -0.2) is 4.79 Å². The average molecular weight is 288 g/mol. The lowest BCUT2D eigenvalue weighted by Crippen LogP contribution is -2.15. The highest BCUT2D eigenvalue weighted by Gasteiger charge is 2.19. The molecule has 6 heteroatoms. The monoisotopic (exact) mass is 288 g/mol. The molecule has 1 aliphatic rings. The van der Waals surface area contributed by atoms with Crippen LogP contribution in [0.3, 0.4) is 0 Å². The van der Waals surface area contributed by atoms with Crippen LogP contribution in [0.4, 0.5) is 0 Å². The lowest BCUT2D eigenvalue weighted by molar-refractivity contribution is 0.0681. The van der Waals surface area contributed by atoms with Crippen LogP contribution in [-0.4, -0.2) is 34.1 Å². The van der Waals surface area contributed by atoms with E-state index in [1.54, 1.807) is 6.07 Å². The fraction of sp³-hybridized carbons (Fsp3) is 0.333. The third-order valence-corrected chi connectivity index (χ3v) is 3.28. The molecule has 1 aromatic carbocycles. The molecule has 0 aliphatic carbocycles. The maximum atomic E-state index is 11.3. The molecule has 0 saturated heterocycles. The Kier molecular flexibility index (Phi) is 3.29. The number of benzene rings is 1. The highest BCUT2D eigenvalue weighted by molar-refractivity contribution is 5.87. The second-order valence-corrected chi connectivity index (χ2v) is 5.12. The molecule has 0 atom stereocenters. The van der Waals surface area contributed by atoms with E-state index in [1.165, 1.54) is 4.68 Å². The van der Waals surface area contributed by atoms with Crippen molar-refractivity contribution >= 4 is 5.97 Å². The third-order valence-electron chi connectivity index (χ3n) is 3.28. The fourth-order valence-electron chi connectivity index (χ4n) is 2.29. The number of hydrogen-bond donors (Lipinski definition) is 1. The molecule has 6 nitrogen and oxygen atoms in total. The van der Waals surface area contributed by atoms with Crippen molar-refractivity contribution in [3.63, 3.8) is 0 Å². The molecule has 0 amide bonds. The van der Waals surface area contributed by atoms with Crippen LogP contribution in [0, 0.1) is 0 Å². The topological polar surface area (TPSA) is 73.6 Å². The smallest absolute Gasteiger partial charge is 0.354 e. The zero-order valence-corrected chi connectivity index (χ0v) is 11.9. The van der Waals surface area contributed by atoms with Crippen molar-refractivity contribution in [2.24, 2.45) is 0 Å². The van der Waals surface area contributed by atoms with Gasteiger partial charge in [0, 0.05) is 11.6 Å². The number of nitrogens with zero attached hydrogens (tertiary/aromatic N) is 2. The summed E-state index contributed by atoms with van der Waals surface area (Å²) in [6.45, 7) is 4.84. The van der Waals surface area contributed by atoms with Crippen LogP contribution in [0.25, 0.3) is 11.3 Å². The maximum Gasteiger partial charge on any atom is 0.354 e. The molecule has 0 bridgehead atoms. The molecule has 1 aliphatic heterocycles. The molecule has 3 rings (SSSR count). The van der Waals surface area contributed by atoms with E-state index in [-0.39, 0.29) is 11.7 Å². The second-order valence-electron chi connectivity index (χ2n) is 5.12. The molecule has 0 fully saturated rings. The van der Waals surface area contributed by atoms with Gasteiger partial charge in [-0.05, 0) is 38.1 Å². The van der Waals surface area contributed by atoms with Gasteiger partial charge in [0.05, 0.1) is 5.69 Å². The van der Waals surface area contributed by atoms with Crippen molar-refractivity contribution in [3.05, 3.63) is 30.0 Å². The normalized spacial score (nSPS) is 13.5. The third kappa shape index (κ3) is 2.44. The summed E-state index contributed by atoms with van der Waals surface area (Å²) in [4.78, 5) is 11.3. The quantitative estimate of drug-likeness (QED) is 0.939. The Labute approximate surface area is 121 Å². The van der Waals surface area contributed by atoms with Gasteiger partial charge in [0.25, 0.3) is 0 Å². The highest BCUT2D eigenvalue weighted by Crippen LogP contribution is 2.34. The minimum atomic E-state index is -0.986. The number of carboxylic acids is 1. The molecule has 1 N–H and O–H groups in total. The Morgan fingerprint density at radius 1 is 1.24 bits per heavy atom. The van der Waals surface area contributed by atoms with Crippen LogP contribution < -0.4 is 9.47 Å². The molecule has 0 saturated carbocycles. The lowest BCUT2D eigenvalue weighted by atomic mass is 10.1. The average Bonchev–Trinajstić information content (AvgIpc) is 2.92. The standard InChI is InChI=1S/C15H16N2O4/c1-9(2)17-12(15(18)19)8-11(16-17)10-3-4-13-14(7-10)21-6-5-20-13/h3-4,7-9H,5-6H2,1-2H3,(H,18,19). The fourth-order valence-corrected chi connectivity index (χ4v) is 2.29. The zero-order chi connectivity index (χ0) is 15.0. The minimum Gasteiger partial charge on any atom is -0.486 e. The van der Waals surface area contributed by atoms with E-state index in [0.717, 1.165) is 5.56 Å². The first-order valence-corrected chi connectivity index (χ1v) is 6.79. The van der Waals surface area contributed by atoms with Crippen molar-refractivity contribution < 1.29 is 19.4 Å². The van der Waals surface area contributed by atoms with Gasteiger partial charge in [-0.15, -0.1) is 0 Å². The Morgan fingerprint density at radius 2 is 1.95 bits per heavy atom. The molecular formula is C15H16N2O4. The van der Waals surface area contributed by atoms with Gasteiger partial charge < -0.3 is 14.6 Å². The molecular weight excluding hydrogens is 272 g/mol. The van der Waals surface area contributed by atoms with E-state index < -0.39 is 5.97 Å². The molecule has 110 valence electrons. The van der Waals surface area contributed by atoms with Gasteiger partial charge in [-0.3, -0.25) is 4.68 Å². The summed E-state index contributed by atoms with van der Waals surface area (Å²) in [6, 6.07) is 7.05. The number of aromatic nitrogens is 2. The predicted octanol–water partition coefficient (Wildman–Crippen LogP) is 2.60. The number of fused-ring (bicyclic) bond motifs is 1. The first kappa shape index (κ1) is 13.5. The summed E-state index contributed by atoms with van der Waals surface area (Å²) in [7, 11) is 0. The van der Waals surface area contributed by atoms with E-state index in [4.69, 9.17) is 9.47 Å². The van der Waals surface area contributed by atoms with Gasteiger partial charge in [-0.1, -0.05) is 0 Å². The molecule has 0 radical (unpaired) electrons. The number of ether oxygens (including phenoxy) is 2. The van der Waals surface area contributed by atoms with Gasteiger partial charge in [-0.2, -0.15) is 5.10 Å². The van der Waals surface area contributed by atoms with E-state index in [0.29, 0.717) is 30.4 Å². The number of hydrogen-bond acceptors (Lipinski definition) is 4. The first-order chi connectivity index (χ1) is 10.1. The van der Waals surface area contributed by atoms with Gasteiger partial charge in [0.2, 0.25) is 0 Å². The molecule has 0 spiro atoms. The minimum absolute atomic E-state index is 0.0259. The molecule has 2 aromatic rings. The number of aromatic carboxylic acids is 1. The Morgan fingerprint density at radius 3 is 2.57 bits per heavy atom. The van der Waals surface area contributed by atoms with Crippen LogP contribution in [0.15, 0.2) is 24.3 Å². The number of carboxylic acid groups (broad SMARTS) is 1.